The summed E-state index contributed by atoms with van der Waals surface area (Å²) in [6.07, 6.45) is 4.31. The number of hydrogen-bond acceptors (Lipinski definition) is 4. The molecule has 110 valence electrons. The van der Waals surface area contributed by atoms with Gasteiger partial charge in [-0.3, -0.25) is 4.68 Å². The lowest BCUT2D eigenvalue weighted by Gasteiger charge is -2.07. The second-order valence-corrected chi connectivity index (χ2v) is 7.06. The molecule has 0 radical (unpaired) electrons. The van der Waals surface area contributed by atoms with E-state index in [2.05, 4.69) is 12.0 Å². The molecule has 5 nitrogen and oxygen atoms in total. The molecule has 0 aliphatic carbocycles. The third kappa shape index (κ3) is 4.78. The first-order valence-corrected chi connectivity index (χ1v) is 8.81. The van der Waals surface area contributed by atoms with Crippen molar-refractivity contribution in [3.8, 4) is 0 Å². The number of rotatable bonds is 8. The second kappa shape index (κ2) is 7.26. The lowest BCUT2D eigenvalue weighted by Crippen LogP contribution is -2.05. The summed E-state index contributed by atoms with van der Waals surface area (Å²) < 4.78 is 30.1. The van der Waals surface area contributed by atoms with Crippen LogP contribution in [0, 0.1) is 0 Å². The summed E-state index contributed by atoms with van der Waals surface area (Å²) in [5, 5.41) is 4.27. The van der Waals surface area contributed by atoms with Gasteiger partial charge in [-0.2, -0.15) is 5.10 Å². The van der Waals surface area contributed by atoms with Gasteiger partial charge in [0.2, 0.25) is 0 Å². The summed E-state index contributed by atoms with van der Waals surface area (Å²) in [5.74, 6) is 0. The molecule has 1 aromatic rings. The molecule has 0 unspecified atom stereocenters. The van der Waals surface area contributed by atoms with Gasteiger partial charge < -0.3 is 4.74 Å². The maximum absolute atomic E-state index is 11.5. The number of aromatic nitrogens is 2. The Kier molecular flexibility index (Phi) is 6.29. The summed E-state index contributed by atoms with van der Waals surface area (Å²) in [7, 11) is 1.64. The third-order valence-corrected chi connectivity index (χ3v) is 4.32. The van der Waals surface area contributed by atoms with Crippen molar-refractivity contribution in [2.45, 2.75) is 57.6 Å². The van der Waals surface area contributed by atoms with Crippen molar-refractivity contribution >= 4 is 19.7 Å². The van der Waals surface area contributed by atoms with Crippen molar-refractivity contribution in [2.75, 3.05) is 6.61 Å². The topological polar surface area (TPSA) is 61.2 Å². The highest BCUT2D eigenvalue weighted by Crippen LogP contribution is 2.22. The van der Waals surface area contributed by atoms with Crippen LogP contribution in [0.25, 0.3) is 0 Å². The van der Waals surface area contributed by atoms with Crippen molar-refractivity contribution in [1.29, 1.82) is 0 Å². The highest BCUT2D eigenvalue weighted by Gasteiger charge is 2.21. The van der Waals surface area contributed by atoms with Crippen molar-refractivity contribution in [3.05, 3.63) is 11.9 Å². The van der Waals surface area contributed by atoms with Crippen LogP contribution >= 0.6 is 10.7 Å². The molecule has 0 spiro atoms. The molecule has 0 fully saturated rings. The van der Waals surface area contributed by atoms with Crippen LogP contribution in [-0.4, -0.2) is 24.8 Å². The molecular formula is C12H21ClN2O3S. The van der Waals surface area contributed by atoms with Gasteiger partial charge in [-0.25, -0.2) is 8.42 Å². The maximum atomic E-state index is 11.5. The number of unbranched alkanes of at least 4 members (excludes halogenated alkanes) is 1. The predicted molar refractivity (Wildman–Crippen MR) is 74.8 cm³/mol. The highest BCUT2D eigenvalue weighted by atomic mass is 35.7. The van der Waals surface area contributed by atoms with E-state index in [4.69, 9.17) is 15.4 Å². The first kappa shape index (κ1) is 16.5. The molecule has 0 N–H and O–H groups in total. The minimum atomic E-state index is -3.79. The second-order valence-electron chi connectivity index (χ2n) is 4.52. The molecule has 7 heteroatoms. The fraction of sp³-hybridized carbons (Fsp3) is 0.750. The highest BCUT2D eigenvalue weighted by molar-refractivity contribution is 8.13. The quantitative estimate of drug-likeness (QED) is 0.547. The van der Waals surface area contributed by atoms with Crippen LogP contribution < -0.4 is 0 Å². The van der Waals surface area contributed by atoms with E-state index in [1.807, 2.05) is 13.8 Å². The number of hydrogen-bond donors (Lipinski definition) is 0. The van der Waals surface area contributed by atoms with Gasteiger partial charge >= 0.3 is 0 Å². The largest absolute Gasteiger partial charge is 0.375 e. The lowest BCUT2D eigenvalue weighted by molar-refractivity contribution is 0.113. The molecule has 1 atom stereocenters. The van der Waals surface area contributed by atoms with Crippen molar-refractivity contribution in [3.63, 3.8) is 0 Å². The maximum Gasteiger partial charge on any atom is 0.264 e. The first-order chi connectivity index (χ1) is 8.90. The van der Waals surface area contributed by atoms with E-state index in [1.54, 1.807) is 4.68 Å². The van der Waals surface area contributed by atoms with Gasteiger partial charge in [0, 0.05) is 29.5 Å². The lowest BCUT2D eigenvalue weighted by atomic mass is 10.3. The number of ether oxygens (including phenoxy) is 1. The summed E-state index contributed by atoms with van der Waals surface area (Å²) in [6, 6.07) is 0.126. The van der Waals surface area contributed by atoms with Crippen LogP contribution in [0.15, 0.2) is 11.1 Å². The smallest absolute Gasteiger partial charge is 0.264 e. The van der Waals surface area contributed by atoms with Crippen molar-refractivity contribution in [2.24, 2.45) is 0 Å². The summed E-state index contributed by atoms with van der Waals surface area (Å²) in [5.41, 5.74) is 0.381. The molecule has 0 aromatic carbocycles. The average Bonchev–Trinajstić information content (AvgIpc) is 2.77. The Morgan fingerprint density at radius 2 is 2.16 bits per heavy atom. The van der Waals surface area contributed by atoms with Gasteiger partial charge in [0.15, 0.2) is 0 Å². The molecule has 0 amide bonds. The molecule has 0 aliphatic rings. The van der Waals surface area contributed by atoms with E-state index in [0.717, 1.165) is 19.3 Å². The molecule has 0 aliphatic heterocycles. The minimum Gasteiger partial charge on any atom is -0.375 e. The third-order valence-electron chi connectivity index (χ3n) is 2.96. The standard InChI is InChI=1S/C12H21ClN2O3S/c1-4-6-7-18-9-11-12(19(13,16)17)8-15(14-11)10(3)5-2/h8,10H,4-7,9H2,1-3H3/t10-/m0/s1. The summed E-state index contributed by atoms with van der Waals surface area (Å²) >= 11 is 0. The van der Waals surface area contributed by atoms with Crippen LogP contribution in [0.5, 0.6) is 0 Å². The molecule has 1 aromatic heterocycles. The van der Waals surface area contributed by atoms with E-state index in [0.29, 0.717) is 12.3 Å². The van der Waals surface area contributed by atoms with E-state index in [1.165, 1.54) is 6.20 Å². The van der Waals surface area contributed by atoms with Crippen LogP contribution in [0.3, 0.4) is 0 Å². The van der Waals surface area contributed by atoms with E-state index in [-0.39, 0.29) is 17.5 Å². The number of nitrogens with zero attached hydrogens (tertiary/aromatic N) is 2. The molecule has 19 heavy (non-hydrogen) atoms. The first-order valence-electron chi connectivity index (χ1n) is 6.50. The van der Waals surface area contributed by atoms with E-state index in [9.17, 15) is 8.42 Å². The molecule has 1 rings (SSSR count). The van der Waals surface area contributed by atoms with Crippen LogP contribution in [-0.2, 0) is 20.4 Å². The summed E-state index contributed by atoms with van der Waals surface area (Å²) in [6.45, 7) is 6.81. The Morgan fingerprint density at radius 3 is 2.68 bits per heavy atom. The predicted octanol–water partition coefficient (Wildman–Crippen LogP) is 3.10. The van der Waals surface area contributed by atoms with Crippen LogP contribution in [0.4, 0.5) is 0 Å². The SMILES string of the molecule is CCCCOCc1nn([C@@H](C)CC)cc1S(=O)(=O)Cl. The number of halogens is 1. The zero-order valence-electron chi connectivity index (χ0n) is 11.6. The van der Waals surface area contributed by atoms with Crippen LogP contribution in [0.2, 0.25) is 0 Å². The average molecular weight is 309 g/mol. The van der Waals surface area contributed by atoms with Gasteiger partial charge in [0.1, 0.15) is 10.6 Å². The van der Waals surface area contributed by atoms with Gasteiger partial charge in [-0.1, -0.05) is 20.3 Å². The Morgan fingerprint density at radius 1 is 1.47 bits per heavy atom. The van der Waals surface area contributed by atoms with Crippen LogP contribution in [0.1, 0.15) is 51.8 Å². The molecule has 0 bridgehead atoms. The van der Waals surface area contributed by atoms with Gasteiger partial charge in [0.05, 0.1) is 6.61 Å². The minimum absolute atomic E-state index is 0.0472. The van der Waals surface area contributed by atoms with E-state index >= 15 is 0 Å². The van der Waals surface area contributed by atoms with E-state index < -0.39 is 9.05 Å². The van der Waals surface area contributed by atoms with Crippen molar-refractivity contribution < 1.29 is 13.2 Å². The Bertz CT molecular complexity index is 499. The van der Waals surface area contributed by atoms with Gasteiger partial charge in [0.25, 0.3) is 9.05 Å². The Balaban J connectivity index is 2.90. The Labute approximate surface area is 119 Å². The monoisotopic (exact) mass is 308 g/mol. The van der Waals surface area contributed by atoms with Crippen molar-refractivity contribution in [1.82, 2.24) is 9.78 Å². The normalized spacial score (nSPS) is 13.7. The zero-order valence-corrected chi connectivity index (χ0v) is 13.2. The molecule has 0 saturated heterocycles. The fourth-order valence-corrected chi connectivity index (χ4v) is 2.55. The van der Waals surface area contributed by atoms with Gasteiger partial charge in [-0.05, 0) is 19.8 Å². The molecular weight excluding hydrogens is 288 g/mol. The fourth-order valence-electron chi connectivity index (χ4n) is 1.54. The summed E-state index contributed by atoms with van der Waals surface area (Å²) in [4.78, 5) is 0.0472. The Hall–Kier alpha value is -0.590. The molecule has 0 saturated carbocycles. The zero-order chi connectivity index (χ0) is 14.5. The molecule has 1 heterocycles. The van der Waals surface area contributed by atoms with Gasteiger partial charge in [-0.15, -0.1) is 0 Å².